The highest BCUT2D eigenvalue weighted by molar-refractivity contribution is 6.31. The number of hydrogen-bond acceptors (Lipinski definition) is 5. The van der Waals surface area contributed by atoms with Crippen molar-refractivity contribution in [2.75, 3.05) is 0 Å². The van der Waals surface area contributed by atoms with Crippen molar-refractivity contribution in [3.63, 3.8) is 0 Å². The molecule has 0 spiro atoms. The number of halogens is 1. The molecule has 2 heterocycles. The molecule has 4 aromatic rings. The number of rotatable bonds is 3. The lowest BCUT2D eigenvalue weighted by molar-refractivity contribution is 0.0731. The summed E-state index contributed by atoms with van der Waals surface area (Å²) in [5.74, 6) is -0.716. The van der Waals surface area contributed by atoms with Crippen LogP contribution in [0.1, 0.15) is 10.4 Å². The van der Waals surface area contributed by atoms with Crippen LogP contribution in [0.15, 0.2) is 82.3 Å². The molecule has 6 heteroatoms. The summed E-state index contributed by atoms with van der Waals surface area (Å²) in [5.41, 5.74) is 0.710. The van der Waals surface area contributed by atoms with Crippen LogP contribution in [0.2, 0.25) is 5.02 Å². The van der Waals surface area contributed by atoms with Crippen molar-refractivity contribution < 1.29 is 13.9 Å². The molecule has 0 aliphatic carbocycles. The largest absolute Gasteiger partial charge is 0.452 e. The van der Waals surface area contributed by atoms with Gasteiger partial charge in [0.15, 0.2) is 5.76 Å². The molecule has 0 radical (unpaired) electrons. The van der Waals surface area contributed by atoms with Crippen LogP contribution in [-0.2, 0) is 0 Å². The van der Waals surface area contributed by atoms with E-state index in [1.54, 1.807) is 54.7 Å². The van der Waals surface area contributed by atoms with Gasteiger partial charge >= 0.3 is 5.97 Å². The molecule has 0 aliphatic rings. The van der Waals surface area contributed by atoms with Crippen molar-refractivity contribution >= 4 is 28.5 Å². The summed E-state index contributed by atoms with van der Waals surface area (Å²) in [5, 5.41) is 0.614. The summed E-state index contributed by atoms with van der Waals surface area (Å²) >= 11 is 6.00. The van der Waals surface area contributed by atoms with Gasteiger partial charge in [0.2, 0.25) is 11.2 Å². The molecule has 0 bridgehead atoms. The molecule has 2 aromatic carbocycles. The molecule has 2 aromatic heterocycles. The van der Waals surface area contributed by atoms with E-state index < -0.39 is 11.4 Å². The highest BCUT2D eigenvalue weighted by Crippen LogP contribution is 2.32. The van der Waals surface area contributed by atoms with E-state index in [9.17, 15) is 9.59 Å². The average Bonchev–Trinajstić information content (AvgIpc) is 2.71. The molecule has 0 unspecified atom stereocenters. The second kappa shape index (κ2) is 7.05. The molecular formula is C21H12ClNO4. The van der Waals surface area contributed by atoms with Crippen molar-refractivity contribution in [1.29, 1.82) is 0 Å². The molecule has 0 amide bonds. The van der Waals surface area contributed by atoms with Crippen LogP contribution >= 0.6 is 11.6 Å². The summed E-state index contributed by atoms with van der Waals surface area (Å²) in [4.78, 5) is 29.4. The molecule has 0 saturated heterocycles. The molecule has 0 saturated carbocycles. The topological polar surface area (TPSA) is 69.4 Å². The maximum absolute atomic E-state index is 13.0. The Morgan fingerprint density at radius 2 is 1.85 bits per heavy atom. The number of ether oxygens (including phenoxy) is 1. The maximum Gasteiger partial charge on any atom is 0.345 e. The highest BCUT2D eigenvalue weighted by atomic mass is 35.5. The fourth-order valence-electron chi connectivity index (χ4n) is 2.66. The van der Waals surface area contributed by atoms with Gasteiger partial charge in [-0.05, 0) is 30.3 Å². The normalized spacial score (nSPS) is 10.7. The second-order valence-corrected chi connectivity index (χ2v) is 6.16. The minimum atomic E-state index is -0.700. The van der Waals surface area contributed by atoms with Crippen LogP contribution in [0.4, 0.5) is 0 Å². The van der Waals surface area contributed by atoms with Crippen molar-refractivity contribution in [3.8, 4) is 17.1 Å². The maximum atomic E-state index is 13.0. The van der Waals surface area contributed by atoms with Gasteiger partial charge in [0.05, 0.1) is 10.9 Å². The van der Waals surface area contributed by atoms with Crippen LogP contribution in [0.5, 0.6) is 5.75 Å². The predicted octanol–water partition coefficient (Wildman–Crippen LogP) is 4.73. The number of benzene rings is 2. The summed E-state index contributed by atoms with van der Waals surface area (Å²) in [6.07, 6.45) is 2.91. The summed E-state index contributed by atoms with van der Waals surface area (Å²) in [7, 11) is 0. The first-order valence-electron chi connectivity index (χ1n) is 8.07. The third-order valence-electron chi connectivity index (χ3n) is 3.94. The second-order valence-electron chi connectivity index (χ2n) is 5.73. The van der Waals surface area contributed by atoms with Crippen LogP contribution in [-0.4, -0.2) is 11.0 Å². The van der Waals surface area contributed by atoms with Gasteiger partial charge in [-0.3, -0.25) is 9.78 Å². The van der Waals surface area contributed by atoms with Crippen molar-refractivity contribution in [3.05, 3.63) is 93.9 Å². The number of carbonyl (C=O) groups is 1. The Morgan fingerprint density at radius 3 is 2.59 bits per heavy atom. The Kier molecular flexibility index (Phi) is 4.44. The van der Waals surface area contributed by atoms with Gasteiger partial charge in [-0.15, -0.1) is 0 Å². The zero-order chi connectivity index (χ0) is 18.8. The van der Waals surface area contributed by atoms with E-state index >= 15 is 0 Å². The van der Waals surface area contributed by atoms with Crippen LogP contribution in [0, 0.1) is 0 Å². The average molecular weight is 378 g/mol. The van der Waals surface area contributed by atoms with Crippen LogP contribution in [0.25, 0.3) is 22.3 Å². The number of esters is 1. The Balaban J connectivity index is 1.92. The standard InChI is InChI=1S/C21H12ClNO4/c22-15-8-9-17-16(11-15)18(24)20(19(26-17)13-5-2-1-3-6-13)27-21(25)14-7-4-10-23-12-14/h1-12H. The van der Waals surface area contributed by atoms with E-state index in [1.807, 2.05) is 6.07 Å². The summed E-state index contributed by atoms with van der Waals surface area (Å²) in [6, 6.07) is 16.9. The van der Waals surface area contributed by atoms with E-state index in [-0.39, 0.29) is 22.5 Å². The Labute approximate surface area is 158 Å². The first-order valence-corrected chi connectivity index (χ1v) is 8.45. The number of carbonyl (C=O) groups excluding carboxylic acids is 1. The monoisotopic (exact) mass is 377 g/mol. The Morgan fingerprint density at radius 1 is 1.04 bits per heavy atom. The fourth-order valence-corrected chi connectivity index (χ4v) is 2.83. The number of nitrogens with zero attached hydrogens (tertiary/aromatic N) is 1. The third kappa shape index (κ3) is 3.32. The van der Waals surface area contributed by atoms with Gasteiger partial charge in [0.25, 0.3) is 0 Å². The predicted molar refractivity (Wildman–Crippen MR) is 102 cm³/mol. The molecule has 0 N–H and O–H groups in total. The Bertz CT molecular complexity index is 1190. The van der Waals surface area contributed by atoms with Crippen LogP contribution < -0.4 is 10.2 Å². The van der Waals surface area contributed by atoms with Gasteiger partial charge in [0.1, 0.15) is 5.58 Å². The molecule has 0 atom stereocenters. The molecule has 4 rings (SSSR count). The van der Waals surface area contributed by atoms with E-state index in [2.05, 4.69) is 4.98 Å². The van der Waals surface area contributed by atoms with Gasteiger partial charge < -0.3 is 9.15 Å². The van der Waals surface area contributed by atoms with E-state index in [0.29, 0.717) is 16.2 Å². The lowest BCUT2D eigenvalue weighted by atomic mass is 10.1. The van der Waals surface area contributed by atoms with Gasteiger partial charge in [0, 0.05) is 23.0 Å². The van der Waals surface area contributed by atoms with E-state index in [4.69, 9.17) is 20.8 Å². The lowest BCUT2D eigenvalue weighted by Crippen LogP contribution is -2.16. The van der Waals surface area contributed by atoms with Crippen LogP contribution in [0.3, 0.4) is 0 Å². The van der Waals surface area contributed by atoms with Crippen molar-refractivity contribution in [1.82, 2.24) is 4.98 Å². The number of aromatic nitrogens is 1. The highest BCUT2D eigenvalue weighted by Gasteiger charge is 2.21. The first kappa shape index (κ1) is 17.0. The summed E-state index contributed by atoms with van der Waals surface area (Å²) in [6.45, 7) is 0. The lowest BCUT2D eigenvalue weighted by Gasteiger charge is -2.10. The number of fused-ring (bicyclic) bond motifs is 1. The Hall–Kier alpha value is -3.44. The summed E-state index contributed by atoms with van der Waals surface area (Å²) < 4.78 is 11.3. The fraction of sp³-hybridized carbons (Fsp3) is 0. The quantitative estimate of drug-likeness (QED) is 0.483. The van der Waals surface area contributed by atoms with Crippen molar-refractivity contribution in [2.24, 2.45) is 0 Å². The minimum absolute atomic E-state index is 0.174. The smallest absolute Gasteiger partial charge is 0.345 e. The third-order valence-corrected chi connectivity index (χ3v) is 4.17. The number of hydrogen-bond donors (Lipinski definition) is 0. The molecule has 5 nitrogen and oxygen atoms in total. The van der Waals surface area contributed by atoms with E-state index in [0.717, 1.165) is 0 Å². The van der Waals surface area contributed by atoms with Crippen molar-refractivity contribution in [2.45, 2.75) is 0 Å². The first-order chi connectivity index (χ1) is 13.1. The van der Waals surface area contributed by atoms with Gasteiger partial charge in [-0.1, -0.05) is 41.9 Å². The molecule has 0 fully saturated rings. The van der Waals surface area contributed by atoms with Gasteiger partial charge in [-0.25, -0.2) is 4.79 Å². The zero-order valence-electron chi connectivity index (χ0n) is 13.9. The number of pyridine rings is 1. The molecule has 27 heavy (non-hydrogen) atoms. The minimum Gasteiger partial charge on any atom is -0.452 e. The molecule has 132 valence electrons. The van der Waals surface area contributed by atoms with Gasteiger partial charge in [-0.2, -0.15) is 0 Å². The molecule has 0 aliphatic heterocycles. The SMILES string of the molecule is O=C(Oc1c(-c2ccccc2)oc2ccc(Cl)cc2c1=O)c1cccnc1. The zero-order valence-corrected chi connectivity index (χ0v) is 14.6. The van der Waals surface area contributed by atoms with E-state index in [1.165, 1.54) is 12.3 Å². The molecular weight excluding hydrogens is 366 g/mol.